The number of anilines is 1. The third-order valence-electron chi connectivity index (χ3n) is 5.27. The van der Waals surface area contributed by atoms with Gasteiger partial charge in [-0.05, 0) is 36.4 Å². The maximum absolute atomic E-state index is 13.0. The van der Waals surface area contributed by atoms with E-state index in [2.05, 4.69) is 20.4 Å². The minimum Gasteiger partial charge on any atom is -0.505 e. The molecule has 0 fully saturated rings. The van der Waals surface area contributed by atoms with Crippen molar-refractivity contribution < 1.29 is 14.6 Å². The normalized spacial score (nSPS) is 10.7. The standard InChI is InChI=1S/C26H19N5O4S/c1-35-22-10-3-2-9-20(22)31-23(33)13-21(32)24(30-31)25(34)28-18-8-4-6-16(12-18)19-15-36-26(29-19)17-7-5-11-27-14-17/h2-15,32H,1H3,(H,28,34). The zero-order valence-corrected chi connectivity index (χ0v) is 19.8. The molecule has 3 heterocycles. The van der Waals surface area contributed by atoms with Crippen LogP contribution in [0.4, 0.5) is 5.69 Å². The molecule has 2 aromatic carbocycles. The molecule has 0 aliphatic carbocycles. The Morgan fingerprint density at radius 1 is 1.06 bits per heavy atom. The highest BCUT2D eigenvalue weighted by Gasteiger charge is 2.19. The molecule has 0 atom stereocenters. The van der Waals surface area contributed by atoms with E-state index < -0.39 is 17.2 Å². The van der Waals surface area contributed by atoms with Crippen molar-refractivity contribution >= 4 is 22.9 Å². The van der Waals surface area contributed by atoms with E-state index in [1.807, 2.05) is 23.6 Å². The van der Waals surface area contributed by atoms with Gasteiger partial charge in [-0.2, -0.15) is 9.78 Å². The van der Waals surface area contributed by atoms with Crippen LogP contribution < -0.4 is 15.6 Å². The molecule has 0 spiro atoms. The number of thiazole rings is 1. The number of para-hydroxylation sites is 2. The first-order valence-corrected chi connectivity index (χ1v) is 11.7. The molecule has 0 aliphatic heterocycles. The maximum atomic E-state index is 13.0. The van der Waals surface area contributed by atoms with Gasteiger partial charge in [-0.15, -0.1) is 11.3 Å². The highest BCUT2D eigenvalue weighted by molar-refractivity contribution is 7.13. The number of benzene rings is 2. The van der Waals surface area contributed by atoms with E-state index in [0.717, 1.165) is 32.6 Å². The van der Waals surface area contributed by atoms with Crippen LogP contribution in [0.25, 0.3) is 27.5 Å². The SMILES string of the molecule is COc1ccccc1-n1nc(C(=O)Nc2cccc(-c3csc(-c4cccnc4)n3)c2)c(O)cc1=O. The number of rotatable bonds is 6. The fourth-order valence-corrected chi connectivity index (χ4v) is 4.38. The lowest BCUT2D eigenvalue weighted by molar-refractivity contribution is 0.101. The van der Waals surface area contributed by atoms with Gasteiger partial charge in [-0.3, -0.25) is 14.6 Å². The molecule has 36 heavy (non-hydrogen) atoms. The van der Waals surface area contributed by atoms with Crippen LogP contribution in [0.1, 0.15) is 10.5 Å². The molecule has 0 bridgehead atoms. The van der Waals surface area contributed by atoms with Gasteiger partial charge < -0.3 is 15.2 Å². The molecule has 0 saturated carbocycles. The predicted molar refractivity (Wildman–Crippen MR) is 137 cm³/mol. The van der Waals surface area contributed by atoms with Crippen molar-refractivity contribution in [1.29, 1.82) is 0 Å². The van der Waals surface area contributed by atoms with E-state index in [-0.39, 0.29) is 5.69 Å². The quantitative estimate of drug-likeness (QED) is 0.357. The van der Waals surface area contributed by atoms with Crippen molar-refractivity contribution in [2.75, 3.05) is 12.4 Å². The minimum atomic E-state index is -0.678. The molecule has 5 rings (SSSR count). The Kier molecular flexibility index (Phi) is 6.25. The van der Waals surface area contributed by atoms with Crippen LogP contribution in [-0.4, -0.2) is 37.9 Å². The number of methoxy groups -OCH3 is 1. The lowest BCUT2D eigenvalue weighted by Crippen LogP contribution is -2.25. The van der Waals surface area contributed by atoms with Gasteiger partial charge in [-0.1, -0.05) is 24.3 Å². The Morgan fingerprint density at radius 2 is 1.89 bits per heavy atom. The third kappa shape index (κ3) is 4.57. The first kappa shape index (κ1) is 22.9. The van der Waals surface area contributed by atoms with Gasteiger partial charge >= 0.3 is 0 Å². The van der Waals surface area contributed by atoms with Gasteiger partial charge in [0.05, 0.1) is 12.8 Å². The van der Waals surface area contributed by atoms with Crippen molar-refractivity contribution in [2.24, 2.45) is 0 Å². The van der Waals surface area contributed by atoms with Crippen LogP contribution in [0.3, 0.4) is 0 Å². The van der Waals surface area contributed by atoms with Crippen LogP contribution in [0.2, 0.25) is 0 Å². The van der Waals surface area contributed by atoms with Crippen LogP contribution in [0, 0.1) is 0 Å². The molecular formula is C26H19N5O4S. The second-order valence-corrected chi connectivity index (χ2v) is 8.47. The first-order valence-electron chi connectivity index (χ1n) is 10.8. The molecule has 0 radical (unpaired) electrons. The summed E-state index contributed by atoms with van der Waals surface area (Å²) < 4.78 is 6.31. The number of aromatic nitrogens is 4. The molecular weight excluding hydrogens is 478 g/mol. The Hall–Kier alpha value is -4.83. The first-order chi connectivity index (χ1) is 17.5. The number of nitrogens with one attached hydrogen (secondary N) is 1. The van der Waals surface area contributed by atoms with Crippen molar-refractivity contribution in [2.45, 2.75) is 0 Å². The average Bonchev–Trinajstić information content (AvgIpc) is 3.40. The Labute approximate surface area is 209 Å². The summed E-state index contributed by atoms with van der Waals surface area (Å²) in [5.74, 6) is -0.811. The van der Waals surface area contributed by atoms with Crippen molar-refractivity contribution in [3.05, 3.63) is 101 Å². The van der Waals surface area contributed by atoms with Gasteiger partial charge in [0.1, 0.15) is 16.4 Å². The summed E-state index contributed by atoms with van der Waals surface area (Å²) in [4.78, 5) is 34.3. The lowest BCUT2D eigenvalue weighted by atomic mass is 10.1. The zero-order valence-electron chi connectivity index (χ0n) is 19.0. The zero-order chi connectivity index (χ0) is 25.1. The predicted octanol–water partition coefficient (Wildman–Crippen LogP) is 4.38. The van der Waals surface area contributed by atoms with E-state index in [1.54, 1.807) is 54.9 Å². The molecule has 10 heteroatoms. The second-order valence-electron chi connectivity index (χ2n) is 7.61. The largest absolute Gasteiger partial charge is 0.505 e. The Morgan fingerprint density at radius 3 is 2.69 bits per heavy atom. The van der Waals surface area contributed by atoms with Gasteiger partial charge in [0.2, 0.25) is 0 Å². The number of carbonyl (C=O) groups excluding carboxylic acids is 1. The number of hydrogen-bond acceptors (Lipinski definition) is 8. The molecule has 178 valence electrons. The summed E-state index contributed by atoms with van der Waals surface area (Å²) in [6.45, 7) is 0. The van der Waals surface area contributed by atoms with Crippen LogP contribution in [0.5, 0.6) is 11.5 Å². The van der Waals surface area contributed by atoms with E-state index in [4.69, 9.17) is 4.74 Å². The summed E-state index contributed by atoms with van der Waals surface area (Å²) in [7, 11) is 1.47. The number of aromatic hydroxyl groups is 1. The molecule has 0 saturated heterocycles. The van der Waals surface area contributed by atoms with Gasteiger partial charge in [-0.25, -0.2) is 4.98 Å². The molecule has 2 N–H and O–H groups in total. The van der Waals surface area contributed by atoms with Crippen LogP contribution in [0.15, 0.2) is 89.3 Å². The fraction of sp³-hybridized carbons (Fsp3) is 0.0385. The summed E-state index contributed by atoms with van der Waals surface area (Å²) in [5, 5.41) is 19.9. The third-order valence-corrected chi connectivity index (χ3v) is 6.16. The smallest absolute Gasteiger partial charge is 0.279 e. The maximum Gasteiger partial charge on any atom is 0.279 e. The van der Waals surface area contributed by atoms with E-state index in [0.29, 0.717) is 17.1 Å². The highest BCUT2D eigenvalue weighted by Crippen LogP contribution is 2.30. The molecule has 0 aliphatic rings. The van der Waals surface area contributed by atoms with Crippen LogP contribution >= 0.6 is 11.3 Å². The van der Waals surface area contributed by atoms with E-state index >= 15 is 0 Å². The number of pyridine rings is 1. The molecule has 3 aromatic heterocycles. The summed E-state index contributed by atoms with van der Waals surface area (Å²) in [5.41, 5.74) is 2.38. The Balaban J connectivity index is 1.42. The molecule has 9 nitrogen and oxygen atoms in total. The fourth-order valence-electron chi connectivity index (χ4n) is 3.56. The monoisotopic (exact) mass is 497 g/mol. The second kappa shape index (κ2) is 9.80. The number of hydrogen-bond donors (Lipinski definition) is 2. The number of nitrogens with zero attached hydrogens (tertiary/aromatic N) is 4. The van der Waals surface area contributed by atoms with Crippen molar-refractivity contribution in [3.63, 3.8) is 0 Å². The molecule has 1 amide bonds. The van der Waals surface area contributed by atoms with Gasteiger partial charge in [0.25, 0.3) is 11.5 Å². The van der Waals surface area contributed by atoms with Crippen molar-refractivity contribution in [3.8, 4) is 39.0 Å². The summed E-state index contributed by atoms with van der Waals surface area (Å²) in [6.07, 6.45) is 3.46. The Bertz CT molecular complexity index is 1610. The molecule has 0 unspecified atom stereocenters. The number of amides is 1. The summed E-state index contributed by atoms with van der Waals surface area (Å²) >= 11 is 1.50. The number of carbonyl (C=O) groups is 1. The molecule has 5 aromatic rings. The average molecular weight is 498 g/mol. The topological polar surface area (TPSA) is 119 Å². The van der Waals surface area contributed by atoms with Crippen molar-refractivity contribution in [1.82, 2.24) is 19.7 Å². The van der Waals surface area contributed by atoms with Crippen LogP contribution in [-0.2, 0) is 0 Å². The van der Waals surface area contributed by atoms with Gasteiger partial charge in [0.15, 0.2) is 11.4 Å². The highest BCUT2D eigenvalue weighted by atomic mass is 32.1. The van der Waals surface area contributed by atoms with E-state index in [1.165, 1.54) is 18.4 Å². The minimum absolute atomic E-state index is 0.307. The number of ether oxygens (including phenoxy) is 1. The lowest BCUT2D eigenvalue weighted by Gasteiger charge is -2.12. The van der Waals surface area contributed by atoms with E-state index in [9.17, 15) is 14.7 Å². The van der Waals surface area contributed by atoms with Gasteiger partial charge in [0, 0.05) is 40.7 Å². The summed E-state index contributed by atoms with van der Waals surface area (Å²) in [6, 6.07) is 18.6.